The van der Waals surface area contributed by atoms with E-state index >= 15 is 0 Å². The summed E-state index contributed by atoms with van der Waals surface area (Å²) in [5, 5.41) is 0.890. The van der Waals surface area contributed by atoms with Crippen LogP contribution in [0.25, 0.3) is 0 Å². The number of halogens is 2. The van der Waals surface area contributed by atoms with Crippen LogP contribution in [0.4, 0.5) is 0 Å². The van der Waals surface area contributed by atoms with Crippen LogP contribution in [0.2, 0.25) is 23.2 Å². The molecule has 0 fully saturated rings. The summed E-state index contributed by atoms with van der Waals surface area (Å²) in [6, 6.07) is 3.93. The lowest BCUT2D eigenvalue weighted by Gasteiger charge is -2.36. The van der Waals surface area contributed by atoms with Crippen molar-refractivity contribution in [3.63, 3.8) is 0 Å². The van der Waals surface area contributed by atoms with Gasteiger partial charge in [-0.1, -0.05) is 48.3 Å². The van der Waals surface area contributed by atoms with Gasteiger partial charge in [0.05, 0.1) is 5.02 Å². The first-order valence-corrected chi connectivity index (χ1v) is 9.78. The summed E-state index contributed by atoms with van der Waals surface area (Å²) < 4.78 is 7.24. The van der Waals surface area contributed by atoms with Crippen molar-refractivity contribution in [3.8, 4) is 5.75 Å². The zero-order chi connectivity index (χ0) is 13.4. The van der Waals surface area contributed by atoms with Gasteiger partial charge in [-0.2, -0.15) is 0 Å². The Morgan fingerprint density at radius 2 is 1.76 bits per heavy atom. The predicted octanol–water partition coefficient (Wildman–Crippen LogP) is 5.79. The first-order chi connectivity index (χ1) is 7.56. The second kappa shape index (κ2) is 4.94. The van der Waals surface area contributed by atoms with Crippen molar-refractivity contribution >= 4 is 35.8 Å². The summed E-state index contributed by atoms with van der Waals surface area (Å²) in [7, 11) is -1.82. The van der Waals surface area contributed by atoms with E-state index in [0.717, 1.165) is 15.8 Å². The van der Waals surface area contributed by atoms with Gasteiger partial charge < -0.3 is 4.43 Å². The van der Waals surface area contributed by atoms with Crippen LogP contribution in [0.3, 0.4) is 0 Å². The molecule has 0 atom stereocenters. The fourth-order valence-electron chi connectivity index (χ4n) is 1.14. The van der Waals surface area contributed by atoms with Crippen LogP contribution < -0.4 is 4.43 Å². The molecule has 0 aliphatic rings. The van der Waals surface area contributed by atoms with Crippen LogP contribution in [0.5, 0.6) is 5.75 Å². The molecule has 96 valence electrons. The van der Waals surface area contributed by atoms with Crippen LogP contribution in [-0.2, 0) is 0 Å². The molecule has 1 aromatic carbocycles. The van der Waals surface area contributed by atoms with E-state index in [-0.39, 0.29) is 5.04 Å². The molecular weight excluding hydrogens is 316 g/mol. The molecule has 1 aromatic rings. The van der Waals surface area contributed by atoms with Gasteiger partial charge in [0.25, 0.3) is 8.32 Å². The molecule has 0 aliphatic heterocycles. The van der Waals surface area contributed by atoms with E-state index < -0.39 is 8.32 Å². The van der Waals surface area contributed by atoms with Crippen molar-refractivity contribution in [1.29, 1.82) is 0 Å². The smallest absolute Gasteiger partial charge is 0.250 e. The Morgan fingerprint density at radius 3 is 2.24 bits per heavy atom. The van der Waals surface area contributed by atoms with E-state index in [0.29, 0.717) is 5.02 Å². The van der Waals surface area contributed by atoms with E-state index in [4.69, 9.17) is 16.0 Å². The summed E-state index contributed by atoms with van der Waals surface area (Å²) in [6.45, 7) is 13.1. The minimum Gasteiger partial charge on any atom is -0.542 e. The Labute approximate surface area is 119 Å². The average Bonchev–Trinajstić information content (AvgIpc) is 2.17. The van der Waals surface area contributed by atoms with Crippen LogP contribution >= 0.6 is 27.5 Å². The molecular formula is C13H20BrClOSi. The fraction of sp³-hybridized carbons (Fsp3) is 0.538. The maximum atomic E-state index is 6.32. The van der Waals surface area contributed by atoms with Gasteiger partial charge in [-0.05, 0) is 42.8 Å². The van der Waals surface area contributed by atoms with Crippen LogP contribution in [0.1, 0.15) is 26.3 Å². The minimum absolute atomic E-state index is 0.178. The monoisotopic (exact) mass is 334 g/mol. The van der Waals surface area contributed by atoms with E-state index in [2.05, 4.69) is 49.8 Å². The van der Waals surface area contributed by atoms with Crippen LogP contribution in [0.15, 0.2) is 16.6 Å². The molecule has 17 heavy (non-hydrogen) atoms. The molecule has 0 unspecified atom stereocenters. The molecule has 0 N–H and O–H groups in total. The van der Waals surface area contributed by atoms with Crippen molar-refractivity contribution in [1.82, 2.24) is 0 Å². The molecule has 0 saturated heterocycles. The second-order valence-corrected chi connectivity index (χ2v) is 11.8. The summed E-state index contributed by atoms with van der Waals surface area (Å²) in [4.78, 5) is 0. The van der Waals surface area contributed by atoms with Crippen molar-refractivity contribution < 1.29 is 4.43 Å². The Bertz CT molecular complexity index is 424. The van der Waals surface area contributed by atoms with Gasteiger partial charge in [0.1, 0.15) is 5.75 Å². The standard InChI is InChI=1S/C13H20BrClOSi/c1-9-10(14)7-8-11(12(9)15)16-17(5,6)13(2,3)4/h7-8H,1-6H3. The number of rotatable bonds is 2. The summed E-state index contributed by atoms with van der Waals surface area (Å²) in [5.74, 6) is 0.805. The quantitative estimate of drug-likeness (QED) is 0.621. The highest BCUT2D eigenvalue weighted by Gasteiger charge is 2.39. The maximum Gasteiger partial charge on any atom is 0.250 e. The van der Waals surface area contributed by atoms with Gasteiger partial charge in [-0.25, -0.2) is 0 Å². The SMILES string of the molecule is Cc1c(Br)ccc(O[Si](C)(C)C(C)(C)C)c1Cl. The molecule has 1 rings (SSSR count). The molecule has 0 bridgehead atoms. The minimum atomic E-state index is -1.82. The van der Waals surface area contributed by atoms with Crippen molar-refractivity contribution in [2.45, 2.75) is 45.8 Å². The molecule has 0 radical (unpaired) electrons. The van der Waals surface area contributed by atoms with E-state index in [1.54, 1.807) is 0 Å². The second-order valence-electron chi connectivity index (χ2n) is 5.85. The van der Waals surface area contributed by atoms with Gasteiger partial charge in [-0.3, -0.25) is 0 Å². The maximum absolute atomic E-state index is 6.32. The first kappa shape index (κ1) is 15.1. The van der Waals surface area contributed by atoms with Gasteiger partial charge in [-0.15, -0.1) is 0 Å². The fourth-order valence-corrected chi connectivity index (χ4v) is 2.88. The number of benzene rings is 1. The molecule has 1 nitrogen and oxygen atoms in total. The molecule has 0 amide bonds. The Kier molecular flexibility index (Phi) is 4.38. The zero-order valence-electron chi connectivity index (χ0n) is 11.3. The van der Waals surface area contributed by atoms with Gasteiger partial charge >= 0.3 is 0 Å². The Balaban J connectivity index is 3.09. The average molecular weight is 336 g/mol. The Hall–Kier alpha value is 0.00688. The Morgan fingerprint density at radius 1 is 1.24 bits per heavy atom. The number of hydrogen-bond donors (Lipinski definition) is 0. The summed E-state index contributed by atoms with van der Waals surface area (Å²) in [6.07, 6.45) is 0. The molecule has 0 aromatic heterocycles. The van der Waals surface area contributed by atoms with E-state index in [1.807, 2.05) is 19.1 Å². The topological polar surface area (TPSA) is 9.23 Å². The predicted molar refractivity (Wildman–Crippen MR) is 81.7 cm³/mol. The van der Waals surface area contributed by atoms with Crippen LogP contribution in [-0.4, -0.2) is 8.32 Å². The third kappa shape index (κ3) is 3.27. The molecule has 0 saturated carbocycles. The highest BCUT2D eigenvalue weighted by molar-refractivity contribution is 9.10. The molecule has 0 spiro atoms. The first-order valence-electron chi connectivity index (χ1n) is 5.70. The van der Waals surface area contributed by atoms with Crippen LogP contribution in [0, 0.1) is 6.92 Å². The molecule has 0 heterocycles. The highest BCUT2D eigenvalue weighted by Crippen LogP contribution is 2.40. The largest absolute Gasteiger partial charge is 0.542 e. The molecule has 0 aliphatic carbocycles. The van der Waals surface area contributed by atoms with E-state index in [9.17, 15) is 0 Å². The number of hydrogen-bond acceptors (Lipinski definition) is 1. The lowest BCUT2D eigenvalue weighted by Crippen LogP contribution is -2.43. The third-order valence-electron chi connectivity index (χ3n) is 3.46. The zero-order valence-corrected chi connectivity index (χ0v) is 14.7. The highest BCUT2D eigenvalue weighted by atomic mass is 79.9. The summed E-state index contributed by atoms with van der Waals surface area (Å²) in [5.41, 5.74) is 1.03. The lowest BCUT2D eigenvalue weighted by atomic mass is 10.2. The lowest BCUT2D eigenvalue weighted by molar-refractivity contribution is 0.492. The normalized spacial score (nSPS) is 12.7. The van der Waals surface area contributed by atoms with E-state index in [1.165, 1.54) is 0 Å². The van der Waals surface area contributed by atoms with Gasteiger partial charge in [0.2, 0.25) is 0 Å². The van der Waals surface area contributed by atoms with Crippen molar-refractivity contribution in [3.05, 3.63) is 27.2 Å². The van der Waals surface area contributed by atoms with Crippen molar-refractivity contribution in [2.75, 3.05) is 0 Å². The van der Waals surface area contributed by atoms with Crippen molar-refractivity contribution in [2.24, 2.45) is 0 Å². The molecule has 4 heteroatoms. The van der Waals surface area contributed by atoms with Gasteiger partial charge in [0, 0.05) is 4.47 Å². The third-order valence-corrected chi connectivity index (χ3v) is 9.13. The summed E-state index contributed by atoms with van der Waals surface area (Å²) >= 11 is 9.79. The van der Waals surface area contributed by atoms with Gasteiger partial charge in [0.15, 0.2) is 0 Å².